The molecule has 3 atom stereocenters. The van der Waals surface area contributed by atoms with Crippen LogP contribution < -0.4 is 4.74 Å². The summed E-state index contributed by atoms with van der Waals surface area (Å²) >= 11 is 0. The summed E-state index contributed by atoms with van der Waals surface area (Å²) in [6.07, 6.45) is 7.38. The highest BCUT2D eigenvalue weighted by molar-refractivity contribution is 5.30. The van der Waals surface area contributed by atoms with Gasteiger partial charge in [0, 0.05) is 0 Å². The van der Waals surface area contributed by atoms with Crippen LogP contribution in [-0.4, -0.2) is 6.10 Å². The third kappa shape index (κ3) is 2.55. The average Bonchev–Trinajstić information content (AvgIpc) is 2.69. The second-order valence-electron chi connectivity index (χ2n) is 6.48. The molecule has 18 heavy (non-hydrogen) atoms. The maximum atomic E-state index is 6.23. The van der Waals surface area contributed by atoms with Gasteiger partial charge in [-0.15, -0.1) is 0 Å². The molecule has 0 spiro atoms. The molecule has 0 radical (unpaired) electrons. The quantitative estimate of drug-likeness (QED) is 0.744. The summed E-state index contributed by atoms with van der Waals surface area (Å²) in [5, 5.41) is 0. The highest BCUT2D eigenvalue weighted by Crippen LogP contribution is 2.43. The predicted molar refractivity (Wildman–Crippen MR) is 75.0 cm³/mol. The minimum Gasteiger partial charge on any atom is -0.490 e. The van der Waals surface area contributed by atoms with Crippen LogP contribution in [0.4, 0.5) is 0 Å². The Balaban J connectivity index is 1.67. The van der Waals surface area contributed by atoms with Gasteiger partial charge < -0.3 is 4.74 Å². The van der Waals surface area contributed by atoms with Crippen LogP contribution in [0.3, 0.4) is 0 Å². The van der Waals surface area contributed by atoms with Gasteiger partial charge in [0.15, 0.2) is 0 Å². The second-order valence-corrected chi connectivity index (χ2v) is 6.48. The third-order valence-electron chi connectivity index (χ3n) is 4.67. The molecule has 1 heteroatoms. The van der Waals surface area contributed by atoms with Gasteiger partial charge in [-0.2, -0.15) is 0 Å². The topological polar surface area (TPSA) is 9.23 Å². The number of rotatable bonds is 3. The summed E-state index contributed by atoms with van der Waals surface area (Å²) in [7, 11) is 0. The molecule has 1 nitrogen and oxygen atoms in total. The van der Waals surface area contributed by atoms with Crippen molar-refractivity contribution in [1.82, 2.24) is 0 Å². The standard InChI is InChI=1S/C17H24O/c1-12(2)15-4-3-5-16(11-15)18-17-9-13-6-7-14(8-13)10-17/h3-5,11-14,17H,6-10H2,1-2H3/t13-,14+,17-. The molecule has 1 aromatic rings. The lowest BCUT2D eigenvalue weighted by Crippen LogP contribution is -2.26. The Hall–Kier alpha value is -0.980. The van der Waals surface area contributed by atoms with Gasteiger partial charge in [0.1, 0.15) is 5.75 Å². The summed E-state index contributed by atoms with van der Waals surface area (Å²) in [4.78, 5) is 0. The van der Waals surface area contributed by atoms with Crippen molar-refractivity contribution >= 4 is 0 Å². The molecule has 2 aliphatic carbocycles. The van der Waals surface area contributed by atoms with E-state index in [1.165, 1.54) is 37.7 Å². The van der Waals surface area contributed by atoms with Gasteiger partial charge in [-0.1, -0.05) is 38.8 Å². The Morgan fingerprint density at radius 1 is 1.06 bits per heavy atom. The molecule has 0 aliphatic heterocycles. The molecule has 0 N–H and O–H groups in total. The summed E-state index contributed by atoms with van der Waals surface area (Å²) in [5.74, 6) is 3.55. The molecule has 98 valence electrons. The van der Waals surface area contributed by atoms with Crippen molar-refractivity contribution in [3.8, 4) is 5.75 Å². The zero-order valence-corrected chi connectivity index (χ0v) is 11.6. The van der Waals surface area contributed by atoms with Crippen molar-refractivity contribution in [1.29, 1.82) is 0 Å². The van der Waals surface area contributed by atoms with E-state index in [0.717, 1.165) is 17.6 Å². The minimum atomic E-state index is 0.471. The van der Waals surface area contributed by atoms with Gasteiger partial charge in [-0.25, -0.2) is 0 Å². The van der Waals surface area contributed by atoms with Crippen LogP contribution in [-0.2, 0) is 0 Å². The van der Waals surface area contributed by atoms with Crippen LogP contribution in [0.15, 0.2) is 24.3 Å². The Morgan fingerprint density at radius 3 is 2.44 bits per heavy atom. The maximum absolute atomic E-state index is 6.23. The second kappa shape index (κ2) is 4.95. The smallest absolute Gasteiger partial charge is 0.119 e. The molecule has 0 aromatic heterocycles. The van der Waals surface area contributed by atoms with E-state index in [2.05, 4.69) is 38.1 Å². The van der Waals surface area contributed by atoms with Gasteiger partial charge in [0.05, 0.1) is 6.10 Å². The number of ether oxygens (including phenoxy) is 1. The highest BCUT2D eigenvalue weighted by Gasteiger charge is 2.34. The Morgan fingerprint density at radius 2 is 1.78 bits per heavy atom. The SMILES string of the molecule is CC(C)c1cccc(O[C@@H]2C[C@@H]3CC[C@@H](C3)C2)c1. The van der Waals surface area contributed by atoms with Gasteiger partial charge in [-0.05, 0) is 54.7 Å². The van der Waals surface area contributed by atoms with Crippen molar-refractivity contribution in [3.05, 3.63) is 29.8 Å². The molecule has 1 aromatic carbocycles. The highest BCUT2D eigenvalue weighted by atomic mass is 16.5. The van der Waals surface area contributed by atoms with Crippen molar-refractivity contribution in [2.45, 2.75) is 58.0 Å². The summed E-state index contributed by atoms with van der Waals surface area (Å²) < 4.78 is 6.23. The molecule has 0 amide bonds. The van der Waals surface area contributed by atoms with E-state index in [4.69, 9.17) is 4.74 Å². The van der Waals surface area contributed by atoms with E-state index in [0.29, 0.717) is 12.0 Å². The number of hydrogen-bond donors (Lipinski definition) is 0. The summed E-state index contributed by atoms with van der Waals surface area (Å²) in [6.45, 7) is 4.47. The number of fused-ring (bicyclic) bond motifs is 2. The molecule has 0 unspecified atom stereocenters. The molecule has 2 fully saturated rings. The molecular weight excluding hydrogens is 220 g/mol. The third-order valence-corrected chi connectivity index (χ3v) is 4.67. The van der Waals surface area contributed by atoms with Crippen LogP contribution in [0.2, 0.25) is 0 Å². The maximum Gasteiger partial charge on any atom is 0.119 e. The Bertz CT molecular complexity index is 398. The molecule has 2 bridgehead atoms. The van der Waals surface area contributed by atoms with Gasteiger partial charge in [0.2, 0.25) is 0 Å². The van der Waals surface area contributed by atoms with E-state index in [-0.39, 0.29) is 0 Å². The van der Waals surface area contributed by atoms with Crippen molar-refractivity contribution in [3.63, 3.8) is 0 Å². The first-order chi connectivity index (χ1) is 8.70. The van der Waals surface area contributed by atoms with Gasteiger partial charge in [-0.3, -0.25) is 0 Å². The monoisotopic (exact) mass is 244 g/mol. The molecule has 3 rings (SSSR count). The van der Waals surface area contributed by atoms with E-state index in [1.54, 1.807) is 0 Å². The first-order valence-electron chi connectivity index (χ1n) is 7.47. The lowest BCUT2D eigenvalue weighted by atomic mass is 9.87. The fraction of sp³-hybridized carbons (Fsp3) is 0.647. The van der Waals surface area contributed by atoms with Crippen LogP contribution in [0.1, 0.15) is 57.4 Å². The van der Waals surface area contributed by atoms with E-state index in [1.807, 2.05) is 0 Å². The van der Waals surface area contributed by atoms with E-state index < -0.39 is 0 Å². The molecule has 0 saturated heterocycles. The van der Waals surface area contributed by atoms with Gasteiger partial charge in [0.25, 0.3) is 0 Å². The molecule has 2 aliphatic rings. The summed E-state index contributed by atoms with van der Waals surface area (Å²) in [6, 6.07) is 8.66. The fourth-order valence-corrected chi connectivity index (χ4v) is 3.68. The lowest BCUT2D eigenvalue weighted by Gasteiger charge is -2.28. The zero-order valence-electron chi connectivity index (χ0n) is 11.6. The van der Waals surface area contributed by atoms with Crippen LogP contribution in [0.5, 0.6) is 5.75 Å². The first-order valence-corrected chi connectivity index (χ1v) is 7.47. The number of hydrogen-bond acceptors (Lipinski definition) is 1. The van der Waals surface area contributed by atoms with E-state index >= 15 is 0 Å². The van der Waals surface area contributed by atoms with Crippen LogP contribution >= 0.6 is 0 Å². The van der Waals surface area contributed by atoms with E-state index in [9.17, 15) is 0 Å². The molecule has 2 saturated carbocycles. The molecular formula is C17H24O. The predicted octanol–water partition coefficient (Wildman–Crippen LogP) is 4.77. The van der Waals surface area contributed by atoms with Crippen molar-refractivity contribution < 1.29 is 4.74 Å². The first kappa shape index (κ1) is 12.1. The summed E-state index contributed by atoms with van der Waals surface area (Å²) in [5.41, 5.74) is 1.38. The Labute approximate surface area is 111 Å². The van der Waals surface area contributed by atoms with Crippen LogP contribution in [0, 0.1) is 11.8 Å². The zero-order chi connectivity index (χ0) is 12.5. The fourth-order valence-electron chi connectivity index (χ4n) is 3.68. The van der Waals surface area contributed by atoms with Crippen LogP contribution in [0.25, 0.3) is 0 Å². The molecule has 0 heterocycles. The van der Waals surface area contributed by atoms with Gasteiger partial charge >= 0.3 is 0 Å². The lowest BCUT2D eigenvalue weighted by molar-refractivity contribution is 0.118. The average molecular weight is 244 g/mol. The normalized spacial score (nSPS) is 30.7. The number of benzene rings is 1. The Kier molecular flexibility index (Phi) is 3.32. The van der Waals surface area contributed by atoms with Crippen molar-refractivity contribution in [2.24, 2.45) is 11.8 Å². The van der Waals surface area contributed by atoms with Crippen molar-refractivity contribution in [2.75, 3.05) is 0 Å². The minimum absolute atomic E-state index is 0.471. The largest absolute Gasteiger partial charge is 0.490 e.